The Morgan fingerprint density at radius 2 is 1.48 bits per heavy atom. The Bertz CT molecular complexity index is 562. The number of aromatic nitrogens is 1. The van der Waals surface area contributed by atoms with Gasteiger partial charge in [0.05, 0.1) is 25.4 Å². The maximum absolute atomic E-state index is 12.8. The molecule has 8 nitrogen and oxygen atoms in total. The number of aryl methyl sites for hydroxylation is 1. The van der Waals surface area contributed by atoms with Gasteiger partial charge in [0.25, 0.3) is 5.91 Å². The first-order valence-corrected chi connectivity index (χ1v) is 8.10. The van der Waals surface area contributed by atoms with Gasteiger partial charge in [-0.3, -0.25) is 4.79 Å². The second kappa shape index (κ2) is 10.9. The summed E-state index contributed by atoms with van der Waals surface area (Å²) in [5, 5.41) is 0. The molecule has 8 heteroatoms. The summed E-state index contributed by atoms with van der Waals surface area (Å²) >= 11 is 0. The predicted octanol–water partition coefficient (Wildman–Crippen LogP) is 1.17. The van der Waals surface area contributed by atoms with Crippen molar-refractivity contribution in [3.8, 4) is 0 Å². The molecule has 0 unspecified atom stereocenters. The zero-order chi connectivity index (χ0) is 18.8. The summed E-state index contributed by atoms with van der Waals surface area (Å²) in [6, 6.07) is 0. The van der Waals surface area contributed by atoms with Gasteiger partial charge >= 0.3 is 5.97 Å². The highest BCUT2D eigenvalue weighted by Crippen LogP contribution is 2.20. The van der Waals surface area contributed by atoms with Crippen LogP contribution in [-0.4, -0.2) is 82.6 Å². The van der Waals surface area contributed by atoms with E-state index in [4.69, 9.17) is 18.9 Å². The zero-order valence-electron chi connectivity index (χ0n) is 15.6. The van der Waals surface area contributed by atoms with Crippen molar-refractivity contribution in [1.82, 2.24) is 9.88 Å². The van der Waals surface area contributed by atoms with Gasteiger partial charge in [0.2, 0.25) is 0 Å². The average Bonchev–Trinajstić information content (AvgIpc) is 2.89. The summed E-state index contributed by atoms with van der Waals surface area (Å²) in [4.78, 5) is 29.7. The molecule has 1 rings (SSSR count). The minimum absolute atomic E-state index is 0.163. The van der Waals surface area contributed by atoms with Crippen LogP contribution in [0.2, 0.25) is 0 Å². The van der Waals surface area contributed by atoms with Crippen molar-refractivity contribution in [1.29, 1.82) is 0 Å². The van der Waals surface area contributed by atoms with Gasteiger partial charge in [0.1, 0.15) is 12.3 Å². The third-order valence-electron chi connectivity index (χ3n) is 3.79. The molecule has 0 aliphatic rings. The molecular formula is C17H28N2O6. The average molecular weight is 356 g/mol. The lowest BCUT2D eigenvalue weighted by Gasteiger charge is -2.21. The van der Waals surface area contributed by atoms with E-state index in [1.807, 2.05) is 0 Å². The molecule has 0 aliphatic carbocycles. The topological polar surface area (TPSA) is 90.1 Å². The number of carbonyl (C=O) groups is 2. The summed E-state index contributed by atoms with van der Waals surface area (Å²) in [5.41, 5.74) is 1.94. The number of amides is 1. The second-order valence-electron chi connectivity index (χ2n) is 5.53. The van der Waals surface area contributed by atoms with E-state index >= 15 is 0 Å². The number of rotatable bonds is 11. The fourth-order valence-electron chi connectivity index (χ4n) is 2.44. The van der Waals surface area contributed by atoms with Crippen molar-refractivity contribution in [2.75, 3.05) is 60.8 Å². The zero-order valence-corrected chi connectivity index (χ0v) is 15.6. The summed E-state index contributed by atoms with van der Waals surface area (Å²) in [5.74, 6) is -0.673. The van der Waals surface area contributed by atoms with Crippen molar-refractivity contribution < 1.29 is 28.5 Å². The van der Waals surface area contributed by atoms with E-state index in [9.17, 15) is 9.59 Å². The van der Waals surface area contributed by atoms with E-state index in [1.54, 1.807) is 33.0 Å². The molecular weight excluding hydrogens is 328 g/mol. The lowest BCUT2D eigenvalue weighted by molar-refractivity contribution is 0.0387. The highest BCUT2D eigenvalue weighted by atomic mass is 16.6. The molecule has 0 fully saturated rings. The molecule has 0 aliphatic heterocycles. The third-order valence-corrected chi connectivity index (χ3v) is 3.79. The predicted molar refractivity (Wildman–Crippen MR) is 92.1 cm³/mol. The monoisotopic (exact) mass is 356 g/mol. The largest absolute Gasteiger partial charge is 0.460 e. The molecule has 0 saturated heterocycles. The number of nitrogens with zero attached hydrogens (tertiary/aromatic N) is 1. The highest BCUT2D eigenvalue weighted by Gasteiger charge is 2.25. The smallest absolute Gasteiger partial charge is 0.340 e. The number of carbonyl (C=O) groups excluding carboxylic acids is 2. The van der Waals surface area contributed by atoms with Crippen molar-refractivity contribution >= 4 is 11.9 Å². The molecule has 1 amide bonds. The lowest BCUT2D eigenvalue weighted by atomic mass is 10.1. The van der Waals surface area contributed by atoms with Crippen LogP contribution in [0.15, 0.2) is 0 Å². The Morgan fingerprint density at radius 1 is 0.920 bits per heavy atom. The van der Waals surface area contributed by atoms with E-state index < -0.39 is 5.97 Å². The van der Waals surface area contributed by atoms with Crippen LogP contribution in [0, 0.1) is 13.8 Å². The van der Waals surface area contributed by atoms with Crippen LogP contribution < -0.4 is 0 Å². The van der Waals surface area contributed by atoms with E-state index in [2.05, 4.69) is 4.98 Å². The summed E-state index contributed by atoms with van der Waals surface area (Å²) in [6.45, 7) is 5.66. The Morgan fingerprint density at radius 3 is 2.00 bits per heavy atom. The van der Waals surface area contributed by atoms with Gasteiger partial charge in [-0.1, -0.05) is 0 Å². The fourth-order valence-corrected chi connectivity index (χ4v) is 2.44. The van der Waals surface area contributed by atoms with Gasteiger partial charge in [-0.25, -0.2) is 4.79 Å². The van der Waals surface area contributed by atoms with Crippen LogP contribution in [0.1, 0.15) is 32.1 Å². The van der Waals surface area contributed by atoms with E-state index in [0.717, 1.165) is 0 Å². The van der Waals surface area contributed by atoms with Gasteiger partial charge in [0, 0.05) is 40.1 Å². The van der Waals surface area contributed by atoms with Crippen molar-refractivity contribution in [2.24, 2.45) is 0 Å². The quantitative estimate of drug-likeness (QED) is 0.473. The number of methoxy groups -OCH3 is 3. The highest BCUT2D eigenvalue weighted by molar-refractivity contribution is 6.00. The summed E-state index contributed by atoms with van der Waals surface area (Å²) in [7, 11) is 4.69. The molecule has 142 valence electrons. The maximum atomic E-state index is 12.8. The van der Waals surface area contributed by atoms with Crippen molar-refractivity contribution in [3.05, 3.63) is 22.5 Å². The number of nitrogens with one attached hydrogen (secondary N) is 1. The molecule has 1 heterocycles. The molecule has 0 radical (unpaired) electrons. The standard InChI is InChI=1S/C17H28N2O6/c1-12-14(17(21)25-11-10-24-5)13(2)18-15(12)16(20)19(6-8-22-3)7-9-23-4/h18H,6-11H2,1-5H3. The minimum Gasteiger partial charge on any atom is -0.460 e. The van der Waals surface area contributed by atoms with Crippen molar-refractivity contribution in [3.63, 3.8) is 0 Å². The molecule has 25 heavy (non-hydrogen) atoms. The molecule has 1 N–H and O–H groups in total. The first-order valence-electron chi connectivity index (χ1n) is 8.10. The number of H-pyrrole nitrogens is 1. The van der Waals surface area contributed by atoms with Gasteiger partial charge < -0.3 is 28.8 Å². The Hall–Kier alpha value is -1.90. The van der Waals surface area contributed by atoms with E-state index in [-0.39, 0.29) is 12.5 Å². The molecule has 0 spiro atoms. The number of hydrogen-bond acceptors (Lipinski definition) is 6. The third kappa shape index (κ3) is 5.84. The van der Waals surface area contributed by atoms with Crippen LogP contribution in [0.3, 0.4) is 0 Å². The molecule has 0 aromatic carbocycles. The Kier molecular flexibility index (Phi) is 9.18. The maximum Gasteiger partial charge on any atom is 0.340 e. The molecule has 0 saturated carbocycles. The number of ether oxygens (including phenoxy) is 4. The first-order chi connectivity index (χ1) is 12.0. The van der Waals surface area contributed by atoms with Crippen molar-refractivity contribution in [2.45, 2.75) is 13.8 Å². The normalized spacial score (nSPS) is 10.8. The van der Waals surface area contributed by atoms with Gasteiger partial charge in [-0.2, -0.15) is 0 Å². The van der Waals surface area contributed by atoms with Crippen LogP contribution in [-0.2, 0) is 18.9 Å². The van der Waals surface area contributed by atoms with Crippen LogP contribution in [0.4, 0.5) is 0 Å². The SMILES string of the molecule is COCCOC(=O)c1c(C)[nH]c(C(=O)N(CCOC)CCOC)c1C. The van der Waals surface area contributed by atoms with Crippen LogP contribution >= 0.6 is 0 Å². The summed E-state index contributed by atoms with van der Waals surface area (Å²) in [6.07, 6.45) is 0. The number of hydrogen-bond donors (Lipinski definition) is 1. The molecule has 1 aromatic rings. The Labute approximate surface area is 148 Å². The number of aromatic amines is 1. The molecule has 0 bridgehead atoms. The summed E-state index contributed by atoms with van der Waals surface area (Å²) < 4.78 is 20.2. The van der Waals surface area contributed by atoms with Gasteiger partial charge in [-0.15, -0.1) is 0 Å². The van der Waals surface area contributed by atoms with E-state index in [0.29, 0.717) is 55.4 Å². The lowest BCUT2D eigenvalue weighted by Crippen LogP contribution is -2.37. The van der Waals surface area contributed by atoms with Crippen LogP contribution in [0.25, 0.3) is 0 Å². The molecule has 0 atom stereocenters. The van der Waals surface area contributed by atoms with Gasteiger partial charge in [-0.05, 0) is 19.4 Å². The first kappa shape index (κ1) is 21.1. The Balaban J connectivity index is 2.97. The number of esters is 1. The molecule has 1 aromatic heterocycles. The van der Waals surface area contributed by atoms with E-state index in [1.165, 1.54) is 7.11 Å². The second-order valence-corrected chi connectivity index (χ2v) is 5.53. The fraction of sp³-hybridized carbons (Fsp3) is 0.647. The van der Waals surface area contributed by atoms with Crippen LogP contribution in [0.5, 0.6) is 0 Å². The van der Waals surface area contributed by atoms with Gasteiger partial charge in [0.15, 0.2) is 0 Å². The minimum atomic E-state index is -0.470.